The van der Waals surface area contributed by atoms with Crippen LogP contribution < -0.4 is 5.43 Å². The summed E-state index contributed by atoms with van der Waals surface area (Å²) in [6.07, 6.45) is 0. The average molecular weight is 462 g/mol. The van der Waals surface area contributed by atoms with E-state index in [9.17, 15) is 14.7 Å². The van der Waals surface area contributed by atoms with Crippen molar-refractivity contribution in [2.24, 2.45) is 0 Å². The Kier molecular flexibility index (Phi) is 4.44. The second kappa shape index (κ2) is 7.15. The molecule has 0 bridgehead atoms. The van der Waals surface area contributed by atoms with Gasteiger partial charge in [-0.1, -0.05) is 58.4 Å². The van der Waals surface area contributed by atoms with Gasteiger partial charge in [0.05, 0.1) is 17.0 Å². The molecule has 5 rings (SSSR count). The van der Waals surface area contributed by atoms with E-state index in [1.807, 2.05) is 30.3 Å². The first-order valence-electron chi connectivity index (χ1n) is 9.43. The molecule has 1 N–H and O–H groups in total. The first kappa shape index (κ1) is 18.6. The van der Waals surface area contributed by atoms with E-state index in [0.29, 0.717) is 28.6 Å². The van der Waals surface area contributed by atoms with E-state index in [-0.39, 0.29) is 22.8 Å². The number of hydrogen-bond donors (Lipinski definition) is 1. The van der Waals surface area contributed by atoms with Crippen molar-refractivity contribution in [1.29, 1.82) is 0 Å². The van der Waals surface area contributed by atoms with Crippen LogP contribution in [0, 0.1) is 0 Å². The maximum Gasteiger partial charge on any atom is 0.291 e. The number of halogens is 1. The quantitative estimate of drug-likeness (QED) is 0.465. The van der Waals surface area contributed by atoms with Gasteiger partial charge in [-0.05, 0) is 41.5 Å². The van der Waals surface area contributed by atoms with Crippen LogP contribution in [0.5, 0.6) is 5.75 Å². The third-order valence-corrected chi connectivity index (χ3v) is 5.80. The fourth-order valence-electron chi connectivity index (χ4n) is 3.98. The van der Waals surface area contributed by atoms with Crippen LogP contribution in [0.25, 0.3) is 11.0 Å². The maximum atomic E-state index is 13.5. The van der Waals surface area contributed by atoms with Crippen LogP contribution in [0.1, 0.15) is 33.3 Å². The molecular weight excluding hydrogens is 446 g/mol. The Morgan fingerprint density at radius 1 is 0.967 bits per heavy atom. The van der Waals surface area contributed by atoms with Crippen molar-refractivity contribution in [1.82, 2.24) is 4.90 Å². The summed E-state index contributed by atoms with van der Waals surface area (Å²) in [4.78, 5) is 28.4. The second-order valence-electron chi connectivity index (χ2n) is 7.23. The first-order chi connectivity index (χ1) is 14.5. The van der Waals surface area contributed by atoms with Gasteiger partial charge in [0, 0.05) is 11.0 Å². The molecule has 2 heterocycles. The molecule has 0 radical (unpaired) electrons. The van der Waals surface area contributed by atoms with Crippen molar-refractivity contribution in [2.45, 2.75) is 12.6 Å². The lowest BCUT2D eigenvalue weighted by molar-refractivity contribution is 0.0714. The van der Waals surface area contributed by atoms with Crippen LogP contribution in [0.2, 0.25) is 0 Å². The fourth-order valence-corrected chi connectivity index (χ4v) is 4.34. The summed E-state index contributed by atoms with van der Waals surface area (Å²) in [6, 6.07) is 20.7. The minimum Gasteiger partial charge on any atom is -0.508 e. The van der Waals surface area contributed by atoms with Crippen molar-refractivity contribution in [3.63, 3.8) is 0 Å². The minimum absolute atomic E-state index is 0.0547. The molecule has 0 saturated carbocycles. The van der Waals surface area contributed by atoms with Gasteiger partial charge in [0.2, 0.25) is 5.76 Å². The lowest BCUT2D eigenvalue weighted by Crippen LogP contribution is -2.29. The molecule has 5 nitrogen and oxygen atoms in total. The summed E-state index contributed by atoms with van der Waals surface area (Å²) in [5, 5.41) is 10.4. The highest BCUT2D eigenvalue weighted by atomic mass is 79.9. The third kappa shape index (κ3) is 3.00. The van der Waals surface area contributed by atoms with Gasteiger partial charge < -0.3 is 14.4 Å². The molecule has 6 heteroatoms. The average Bonchev–Trinajstić information content (AvgIpc) is 3.02. The van der Waals surface area contributed by atoms with Gasteiger partial charge in [0.1, 0.15) is 11.3 Å². The molecule has 3 aromatic carbocycles. The third-order valence-electron chi connectivity index (χ3n) is 5.31. The molecule has 148 valence electrons. The molecule has 1 aliphatic heterocycles. The van der Waals surface area contributed by atoms with E-state index in [4.69, 9.17) is 4.42 Å². The van der Waals surface area contributed by atoms with Crippen molar-refractivity contribution >= 4 is 32.8 Å². The van der Waals surface area contributed by atoms with Gasteiger partial charge >= 0.3 is 0 Å². The summed E-state index contributed by atoms with van der Waals surface area (Å²) in [5.74, 6) is -0.218. The normalized spacial score (nSPS) is 15.6. The molecule has 0 fully saturated rings. The van der Waals surface area contributed by atoms with E-state index in [1.165, 1.54) is 0 Å². The second-order valence-corrected chi connectivity index (χ2v) is 8.15. The molecule has 1 atom stereocenters. The summed E-state index contributed by atoms with van der Waals surface area (Å²) < 4.78 is 6.68. The van der Waals surface area contributed by atoms with Crippen LogP contribution >= 0.6 is 15.9 Å². The van der Waals surface area contributed by atoms with Crippen LogP contribution in [0.4, 0.5) is 0 Å². The minimum atomic E-state index is -0.653. The van der Waals surface area contributed by atoms with E-state index >= 15 is 0 Å². The van der Waals surface area contributed by atoms with Gasteiger partial charge in [-0.25, -0.2) is 0 Å². The molecule has 4 aromatic rings. The Bertz CT molecular complexity index is 1350. The first-order valence-corrected chi connectivity index (χ1v) is 10.2. The predicted molar refractivity (Wildman–Crippen MR) is 116 cm³/mol. The zero-order chi connectivity index (χ0) is 20.8. The monoisotopic (exact) mass is 461 g/mol. The summed E-state index contributed by atoms with van der Waals surface area (Å²) in [6.45, 7) is 0.309. The number of hydrogen-bond acceptors (Lipinski definition) is 4. The fraction of sp³-hybridized carbons (Fsp3) is 0.0833. The molecule has 30 heavy (non-hydrogen) atoms. The standard InChI is InChI=1S/C24H16BrNO4/c25-16-9-10-19-18(12-16)22(28)20-21(15-7-4-8-17(27)11-15)26(24(29)23(20)30-19)13-14-5-2-1-3-6-14/h1-12,21,27H,13H2. The van der Waals surface area contributed by atoms with Crippen LogP contribution in [0.3, 0.4) is 0 Å². The molecule has 0 saturated heterocycles. The van der Waals surface area contributed by atoms with Gasteiger partial charge in [-0.2, -0.15) is 0 Å². The Balaban J connectivity index is 1.75. The van der Waals surface area contributed by atoms with E-state index in [1.54, 1.807) is 47.4 Å². The predicted octanol–water partition coefficient (Wildman–Crippen LogP) is 5.01. The molecular formula is C24H16BrNO4. The number of nitrogens with zero attached hydrogens (tertiary/aromatic N) is 1. The number of rotatable bonds is 3. The largest absolute Gasteiger partial charge is 0.508 e. The smallest absolute Gasteiger partial charge is 0.291 e. The Hall–Kier alpha value is -3.38. The summed E-state index contributed by atoms with van der Waals surface area (Å²) >= 11 is 3.39. The number of aromatic hydroxyl groups is 1. The molecule has 0 aliphatic carbocycles. The highest BCUT2D eigenvalue weighted by Crippen LogP contribution is 2.40. The van der Waals surface area contributed by atoms with Gasteiger partial charge in [0.25, 0.3) is 5.91 Å². The van der Waals surface area contributed by atoms with Crippen molar-refractivity contribution in [3.8, 4) is 5.75 Å². The molecule has 1 aromatic heterocycles. The van der Waals surface area contributed by atoms with Crippen LogP contribution in [0.15, 0.2) is 86.5 Å². The number of fused-ring (bicyclic) bond motifs is 2. The number of phenols is 1. The maximum absolute atomic E-state index is 13.5. The molecule has 0 spiro atoms. The van der Waals surface area contributed by atoms with Crippen molar-refractivity contribution in [3.05, 3.63) is 110 Å². The van der Waals surface area contributed by atoms with E-state index < -0.39 is 6.04 Å². The van der Waals surface area contributed by atoms with Gasteiger partial charge in [0.15, 0.2) is 5.43 Å². The molecule has 1 amide bonds. The zero-order valence-electron chi connectivity index (χ0n) is 15.7. The van der Waals surface area contributed by atoms with Gasteiger partial charge in [-0.15, -0.1) is 0 Å². The van der Waals surface area contributed by atoms with Crippen LogP contribution in [-0.2, 0) is 6.54 Å². The van der Waals surface area contributed by atoms with Crippen LogP contribution in [-0.4, -0.2) is 15.9 Å². The highest BCUT2D eigenvalue weighted by molar-refractivity contribution is 9.10. The van der Waals surface area contributed by atoms with Crippen molar-refractivity contribution < 1.29 is 14.3 Å². The molecule has 1 aliphatic rings. The zero-order valence-corrected chi connectivity index (χ0v) is 17.3. The Morgan fingerprint density at radius 2 is 1.77 bits per heavy atom. The van der Waals surface area contributed by atoms with Gasteiger partial charge in [-0.3, -0.25) is 9.59 Å². The number of benzene rings is 3. The Morgan fingerprint density at radius 3 is 2.53 bits per heavy atom. The number of amides is 1. The number of phenolic OH excluding ortho intramolecular Hbond substituents is 1. The van der Waals surface area contributed by atoms with Crippen molar-refractivity contribution in [2.75, 3.05) is 0 Å². The van der Waals surface area contributed by atoms with E-state index in [2.05, 4.69) is 15.9 Å². The summed E-state index contributed by atoms with van der Waals surface area (Å²) in [7, 11) is 0. The summed E-state index contributed by atoms with van der Waals surface area (Å²) in [5.41, 5.74) is 2.01. The SMILES string of the molecule is O=C1c2oc3ccc(Br)cc3c(=O)c2C(c2cccc(O)c2)N1Cc1ccccc1. The Labute approximate surface area is 180 Å². The topological polar surface area (TPSA) is 70.8 Å². The number of carbonyl (C=O) groups excluding carboxylic acids is 1. The lowest BCUT2D eigenvalue weighted by Gasteiger charge is -2.25. The lowest BCUT2D eigenvalue weighted by atomic mass is 9.98. The molecule has 1 unspecified atom stereocenters. The number of carbonyl (C=O) groups is 1. The van der Waals surface area contributed by atoms with E-state index in [0.717, 1.165) is 10.0 Å². The highest BCUT2D eigenvalue weighted by Gasteiger charge is 2.42.